The molecule has 8 heteroatoms. The molecule has 3 aromatic rings. The number of nitrogens with one attached hydrogen (secondary N) is 2. The second kappa shape index (κ2) is 9.37. The molecule has 5 nitrogen and oxygen atoms in total. The monoisotopic (exact) mass is 431 g/mol. The van der Waals surface area contributed by atoms with Gasteiger partial charge in [-0.2, -0.15) is 5.26 Å². The van der Waals surface area contributed by atoms with Crippen molar-refractivity contribution >= 4 is 40.4 Å². The number of aromatic nitrogens is 1. The van der Waals surface area contributed by atoms with Crippen molar-refractivity contribution in [2.24, 2.45) is 0 Å². The molecule has 0 bridgehead atoms. The Hall–Kier alpha value is -2.14. The Morgan fingerprint density at radius 1 is 1.21 bits per heavy atom. The number of thiophene rings is 1. The van der Waals surface area contributed by atoms with Gasteiger partial charge in [0.05, 0.1) is 12.1 Å². The molecule has 1 unspecified atom stereocenters. The van der Waals surface area contributed by atoms with E-state index in [1.807, 2.05) is 24.3 Å². The van der Waals surface area contributed by atoms with E-state index in [0.717, 1.165) is 34.8 Å². The second-order valence-electron chi connectivity index (χ2n) is 6.09. The smallest absolute Gasteiger partial charge is 0.123 e. The van der Waals surface area contributed by atoms with Gasteiger partial charge in [-0.3, -0.25) is 5.32 Å². The van der Waals surface area contributed by atoms with Gasteiger partial charge < -0.3 is 11.1 Å². The van der Waals surface area contributed by atoms with Crippen LogP contribution in [0.25, 0.3) is 21.6 Å². The number of nitriles is 1. The molecule has 4 N–H and O–H groups in total. The van der Waals surface area contributed by atoms with Gasteiger partial charge in [-0.1, -0.05) is 29.3 Å². The highest BCUT2D eigenvalue weighted by atomic mass is 35.5. The molecular formula is C20H19Cl2N5S. The van der Waals surface area contributed by atoms with E-state index in [9.17, 15) is 0 Å². The minimum atomic E-state index is 0.250. The van der Waals surface area contributed by atoms with Crippen molar-refractivity contribution in [1.29, 1.82) is 5.26 Å². The lowest BCUT2D eigenvalue weighted by Gasteiger charge is -2.11. The SMILES string of the molecule is CC#N.Nc1cc(-c2cc(-c3ccc(Cl)cc3Cl)c(C3CNCN3)s2)ccn1. The molecule has 144 valence electrons. The molecule has 0 spiro atoms. The van der Waals surface area contributed by atoms with E-state index < -0.39 is 0 Å². The maximum Gasteiger partial charge on any atom is 0.123 e. The number of nitrogen functional groups attached to an aromatic ring is 1. The Morgan fingerprint density at radius 2 is 2.00 bits per heavy atom. The highest BCUT2D eigenvalue weighted by molar-refractivity contribution is 7.16. The maximum absolute atomic E-state index is 7.32. The summed E-state index contributed by atoms with van der Waals surface area (Å²) in [7, 11) is 0. The average Bonchev–Trinajstić information content (AvgIpc) is 3.32. The lowest BCUT2D eigenvalue weighted by molar-refractivity contribution is 0.690. The molecule has 4 rings (SSSR count). The van der Waals surface area contributed by atoms with E-state index in [2.05, 4.69) is 21.7 Å². The van der Waals surface area contributed by atoms with Crippen LogP contribution < -0.4 is 16.4 Å². The molecule has 1 fully saturated rings. The lowest BCUT2D eigenvalue weighted by Crippen LogP contribution is -2.14. The average molecular weight is 432 g/mol. The normalized spacial score (nSPS) is 15.6. The van der Waals surface area contributed by atoms with Crippen molar-refractivity contribution in [3.63, 3.8) is 0 Å². The lowest BCUT2D eigenvalue weighted by atomic mass is 10.0. The van der Waals surface area contributed by atoms with Crippen LogP contribution in [0.3, 0.4) is 0 Å². The van der Waals surface area contributed by atoms with Crippen molar-refractivity contribution in [2.45, 2.75) is 13.0 Å². The van der Waals surface area contributed by atoms with Gasteiger partial charge >= 0.3 is 0 Å². The zero-order valence-electron chi connectivity index (χ0n) is 15.2. The van der Waals surface area contributed by atoms with Gasteiger partial charge in [-0.15, -0.1) is 11.3 Å². The third-order valence-electron chi connectivity index (χ3n) is 4.19. The molecule has 1 saturated heterocycles. The Labute approximate surface area is 178 Å². The second-order valence-corrected chi connectivity index (χ2v) is 8.02. The predicted molar refractivity (Wildman–Crippen MR) is 117 cm³/mol. The first-order valence-electron chi connectivity index (χ1n) is 8.59. The van der Waals surface area contributed by atoms with Crippen LogP contribution in [0.15, 0.2) is 42.6 Å². The van der Waals surface area contributed by atoms with E-state index in [1.54, 1.807) is 29.7 Å². The highest BCUT2D eigenvalue weighted by Crippen LogP contribution is 2.43. The summed E-state index contributed by atoms with van der Waals surface area (Å²) in [5.74, 6) is 0.513. The third kappa shape index (κ3) is 4.64. The van der Waals surface area contributed by atoms with Crippen LogP contribution in [-0.4, -0.2) is 18.2 Å². The van der Waals surface area contributed by atoms with Crippen LogP contribution in [0.2, 0.25) is 10.0 Å². The number of rotatable bonds is 3. The quantitative estimate of drug-likeness (QED) is 0.537. The van der Waals surface area contributed by atoms with Gasteiger partial charge in [0.15, 0.2) is 0 Å². The number of pyridine rings is 1. The molecule has 0 amide bonds. The summed E-state index contributed by atoms with van der Waals surface area (Å²) in [6, 6.07) is 13.7. The van der Waals surface area contributed by atoms with Crippen LogP contribution in [0.4, 0.5) is 5.82 Å². The first kappa shape index (κ1) is 20.6. The summed E-state index contributed by atoms with van der Waals surface area (Å²) in [6.07, 6.45) is 1.73. The summed E-state index contributed by atoms with van der Waals surface area (Å²) in [4.78, 5) is 6.47. The van der Waals surface area contributed by atoms with Crippen LogP contribution >= 0.6 is 34.5 Å². The summed E-state index contributed by atoms with van der Waals surface area (Å²) in [5.41, 5.74) is 9.02. The van der Waals surface area contributed by atoms with E-state index in [0.29, 0.717) is 15.9 Å². The molecule has 0 saturated carbocycles. The Kier molecular flexibility index (Phi) is 6.89. The molecule has 1 aliphatic rings. The van der Waals surface area contributed by atoms with Gasteiger partial charge in [-0.25, -0.2) is 4.98 Å². The molecule has 1 aromatic carbocycles. The zero-order valence-corrected chi connectivity index (χ0v) is 17.5. The first-order chi connectivity index (χ1) is 13.5. The van der Waals surface area contributed by atoms with Crippen LogP contribution in [0.5, 0.6) is 0 Å². The maximum atomic E-state index is 7.32. The number of hydrogen-bond donors (Lipinski definition) is 3. The Balaban J connectivity index is 0.000000706. The van der Waals surface area contributed by atoms with Gasteiger partial charge in [0.2, 0.25) is 0 Å². The number of hydrogen-bond acceptors (Lipinski definition) is 6. The van der Waals surface area contributed by atoms with Gasteiger partial charge in [0.1, 0.15) is 5.82 Å². The van der Waals surface area contributed by atoms with Crippen LogP contribution in [0, 0.1) is 11.3 Å². The van der Waals surface area contributed by atoms with Gasteiger partial charge in [0, 0.05) is 51.7 Å². The molecule has 2 aromatic heterocycles. The van der Waals surface area contributed by atoms with Crippen molar-refractivity contribution in [2.75, 3.05) is 18.9 Å². The molecular weight excluding hydrogens is 413 g/mol. The molecule has 1 atom stereocenters. The Bertz CT molecular complexity index is 1010. The topological polar surface area (TPSA) is 86.8 Å². The number of nitrogens with zero attached hydrogens (tertiary/aromatic N) is 2. The summed E-state index contributed by atoms with van der Waals surface area (Å²) >= 11 is 14.3. The number of anilines is 1. The fourth-order valence-corrected chi connectivity index (χ4v) is 4.75. The summed E-state index contributed by atoms with van der Waals surface area (Å²) < 4.78 is 0. The molecule has 0 radical (unpaired) electrons. The fourth-order valence-electron chi connectivity index (χ4n) is 3.00. The third-order valence-corrected chi connectivity index (χ3v) is 6.03. The summed E-state index contributed by atoms with van der Waals surface area (Å²) in [6.45, 7) is 3.12. The number of benzene rings is 1. The van der Waals surface area contributed by atoms with E-state index >= 15 is 0 Å². The number of nitrogens with two attached hydrogens (primary N) is 1. The van der Waals surface area contributed by atoms with Crippen LogP contribution in [0.1, 0.15) is 17.8 Å². The predicted octanol–water partition coefficient (Wildman–Crippen LogP) is 5.09. The molecule has 0 aliphatic carbocycles. The number of halogens is 2. The minimum absolute atomic E-state index is 0.250. The highest BCUT2D eigenvalue weighted by Gasteiger charge is 2.24. The first-order valence-corrected chi connectivity index (χ1v) is 10.2. The molecule has 1 aliphatic heterocycles. The van der Waals surface area contributed by atoms with E-state index in [-0.39, 0.29) is 6.04 Å². The van der Waals surface area contributed by atoms with Gasteiger partial charge in [-0.05, 0) is 41.5 Å². The Morgan fingerprint density at radius 3 is 2.64 bits per heavy atom. The van der Waals surface area contributed by atoms with E-state index in [4.69, 9.17) is 34.2 Å². The van der Waals surface area contributed by atoms with E-state index in [1.165, 1.54) is 11.8 Å². The van der Waals surface area contributed by atoms with Crippen molar-refractivity contribution in [3.8, 4) is 27.6 Å². The van der Waals surface area contributed by atoms with Crippen molar-refractivity contribution in [3.05, 3.63) is 57.5 Å². The zero-order chi connectivity index (χ0) is 20.1. The summed E-state index contributed by atoms with van der Waals surface area (Å²) in [5, 5.41) is 15.4. The van der Waals surface area contributed by atoms with Crippen molar-refractivity contribution in [1.82, 2.24) is 15.6 Å². The standard InChI is InChI=1S/C18H16Cl2N4S.C2H3N/c19-11-1-2-12(14(20)6-11)13-7-16(10-3-4-23-17(21)5-10)25-18(13)15-8-22-9-24-15;1-2-3/h1-7,15,22,24H,8-9H2,(H2,21,23);1H3. The fraction of sp³-hybridized carbons (Fsp3) is 0.200. The van der Waals surface area contributed by atoms with Gasteiger partial charge in [0.25, 0.3) is 0 Å². The van der Waals surface area contributed by atoms with Crippen molar-refractivity contribution < 1.29 is 0 Å². The minimum Gasteiger partial charge on any atom is -0.384 e. The molecule has 3 heterocycles. The molecule has 28 heavy (non-hydrogen) atoms. The largest absolute Gasteiger partial charge is 0.384 e. The van der Waals surface area contributed by atoms with Crippen LogP contribution in [-0.2, 0) is 0 Å².